The molecule has 6 heteroatoms. The monoisotopic (exact) mass is 284 g/mol. The summed E-state index contributed by atoms with van der Waals surface area (Å²) in [7, 11) is 0. The minimum Gasteiger partial charge on any atom is -0.295 e. The van der Waals surface area contributed by atoms with Crippen molar-refractivity contribution in [1.29, 1.82) is 0 Å². The number of carbonyl (C=O) groups is 1. The van der Waals surface area contributed by atoms with Crippen molar-refractivity contribution >= 4 is 29.1 Å². The zero-order valence-electron chi connectivity index (χ0n) is 10.8. The quantitative estimate of drug-likeness (QED) is 0.593. The molecule has 0 aliphatic heterocycles. The number of aromatic nitrogens is 2. The Labute approximate surface area is 119 Å². The van der Waals surface area contributed by atoms with Gasteiger partial charge in [0, 0.05) is 11.1 Å². The summed E-state index contributed by atoms with van der Waals surface area (Å²) in [4.78, 5) is 17.5. The summed E-state index contributed by atoms with van der Waals surface area (Å²) in [6.07, 6.45) is 3.44. The van der Waals surface area contributed by atoms with Crippen molar-refractivity contribution in [1.82, 2.24) is 14.8 Å². The Morgan fingerprint density at radius 1 is 1.40 bits per heavy atom. The molecule has 0 aliphatic rings. The van der Waals surface area contributed by atoms with Crippen molar-refractivity contribution in [2.24, 2.45) is 5.10 Å². The molecule has 1 N–H and O–H groups in total. The smallest absolute Gasteiger partial charge is 0.290 e. The first-order valence-electron chi connectivity index (χ1n) is 6.06. The van der Waals surface area contributed by atoms with Crippen LogP contribution in [0.1, 0.15) is 21.1 Å². The second kappa shape index (κ2) is 5.26. The number of rotatable bonds is 3. The summed E-state index contributed by atoms with van der Waals surface area (Å²) >= 11 is 1.56. The maximum absolute atomic E-state index is 12.2. The second-order valence-corrected chi connectivity index (χ2v) is 5.17. The number of nitrogens with zero attached hydrogens (tertiary/aromatic N) is 3. The van der Waals surface area contributed by atoms with E-state index >= 15 is 0 Å². The molecule has 0 spiro atoms. The van der Waals surface area contributed by atoms with E-state index in [9.17, 15) is 4.79 Å². The Balaban J connectivity index is 1.84. The van der Waals surface area contributed by atoms with Crippen LogP contribution in [0.25, 0.3) is 5.65 Å². The molecule has 20 heavy (non-hydrogen) atoms. The minimum atomic E-state index is -0.269. The predicted octanol–water partition coefficient (Wildman–Crippen LogP) is 2.47. The van der Waals surface area contributed by atoms with Crippen LogP contribution in [0.4, 0.5) is 0 Å². The molecule has 100 valence electrons. The van der Waals surface area contributed by atoms with Gasteiger partial charge in [-0.15, -0.1) is 11.3 Å². The van der Waals surface area contributed by atoms with E-state index in [-0.39, 0.29) is 5.91 Å². The average molecular weight is 284 g/mol. The number of hydrogen-bond donors (Lipinski definition) is 1. The number of thiophene rings is 1. The fourth-order valence-corrected chi connectivity index (χ4v) is 2.54. The molecular formula is C14H12N4OS. The van der Waals surface area contributed by atoms with E-state index in [2.05, 4.69) is 15.5 Å². The Hall–Kier alpha value is -2.47. The second-order valence-electron chi connectivity index (χ2n) is 4.19. The average Bonchev–Trinajstić information content (AvgIpc) is 3.04. The van der Waals surface area contributed by atoms with E-state index in [0.29, 0.717) is 11.4 Å². The number of hydrogen-bond acceptors (Lipinski definition) is 4. The third-order valence-corrected chi connectivity index (χ3v) is 3.63. The van der Waals surface area contributed by atoms with Crippen LogP contribution in [0.3, 0.4) is 0 Å². The van der Waals surface area contributed by atoms with Crippen LogP contribution in [-0.4, -0.2) is 21.5 Å². The summed E-state index contributed by atoms with van der Waals surface area (Å²) in [6, 6.07) is 9.47. The van der Waals surface area contributed by atoms with E-state index in [4.69, 9.17) is 0 Å². The number of nitrogens with one attached hydrogen (secondary N) is 1. The van der Waals surface area contributed by atoms with Gasteiger partial charge in [0.1, 0.15) is 11.3 Å². The number of fused-ring (bicyclic) bond motifs is 1. The van der Waals surface area contributed by atoms with Gasteiger partial charge in [-0.25, -0.2) is 10.4 Å². The maximum Gasteiger partial charge on any atom is 0.290 e. The van der Waals surface area contributed by atoms with Crippen LogP contribution in [0.2, 0.25) is 0 Å². The van der Waals surface area contributed by atoms with E-state index < -0.39 is 0 Å². The largest absolute Gasteiger partial charge is 0.295 e. The molecule has 0 aliphatic carbocycles. The molecule has 3 aromatic heterocycles. The number of imidazole rings is 1. The highest BCUT2D eigenvalue weighted by molar-refractivity contribution is 7.11. The normalized spacial score (nSPS) is 11.2. The SMILES string of the molecule is Cc1nc2ccccn2c1C(=O)NN=Cc1cccs1. The van der Waals surface area contributed by atoms with Gasteiger partial charge in [-0.1, -0.05) is 12.1 Å². The first-order valence-corrected chi connectivity index (χ1v) is 6.94. The van der Waals surface area contributed by atoms with Crippen molar-refractivity contribution in [2.45, 2.75) is 6.92 Å². The lowest BCUT2D eigenvalue weighted by Gasteiger charge is -2.00. The van der Waals surface area contributed by atoms with Crippen molar-refractivity contribution in [2.75, 3.05) is 0 Å². The highest BCUT2D eigenvalue weighted by Gasteiger charge is 2.15. The summed E-state index contributed by atoms with van der Waals surface area (Å²) in [6.45, 7) is 1.81. The zero-order chi connectivity index (χ0) is 13.9. The van der Waals surface area contributed by atoms with Crippen LogP contribution >= 0.6 is 11.3 Å². The number of carbonyl (C=O) groups excluding carboxylic acids is 1. The molecule has 0 saturated carbocycles. The van der Waals surface area contributed by atoms with Crippen molar-refractivity contribution in [3.8, 4) is 0 Å². The molecule has 0 bridgehead atoms. The number of aryl methyl sites for hydroxylation is 1. The molecule has 3 aromatic rings. The number of hydrazone groups is 1. The fourth-order valence-electron chi connectivity index (χ4n) is 1.96. The third-order valence-electron chi connectivity index (χ3n) is 2.82. The van der Waals surface area contributed by atoms with E-state index in [1.807, 2.05) is 48.8 Å². The van der Waals surface area contributed by atoms with Crippen LogP contribution in [0, 0.1) is 6.92 Å². The lowest BCUT2D eigenvalue weighted by Crippen LogP contribution is -2.20. The van der Waals surface area contributed by atoms with Gasteiger partial charge in [0.2, 0.25) is 0 Å². The number of pyridine rings is 1. The topological polar surface area (TPSA) is 58.8 Å². The molecular weight excluding hydrogens is 272 g/mol. The lowest BCUT2D eigenvalue weighted by molar-refractivity contribution is 0.0948. The van der Waals surface area contributed by atoms with Gasteiger partial charge in [0.25, 0.3) is 5.91 Å². The summed E-state index contributed by atoms with van der Waals surface area (Å²) in [5.41, 5.74) is 4.46. The Morgan fingerprint density at radius 3 is 3.10 bits per heavy atom. The molecule has 1 amide bonds. The van der Waals surface area contributed by atoms with Crippen LogP contribution in [0.15, 0.2) is 47.0 Å². The third kappa shape index (κ3) is 2.33. The molecule has 3 heterocycles. The first kappa shape index (κ1) is 12.6. The minimum absolute atomic E-state index is 0.269. The van der Waals surface area contributed by atoms with E-state index in [0.717, 1.165) is 10.5 Å². The maximum atomic E-state index is 12.2. The predicted molar refractivity (Wildman–Crippen MR) is 79.3 cm³/mol. The van der Waals surface area contributed by atoms with E-state index in [1.165, 1.54) is 0 Å². The highest BCUT2D eigenvalue weighted by Crippen LogP contribution is 2.11. The highest BCUT2D eigenvalue weighted by atomic mass is 32.1. The summed E-state index contributed by atoms with van der Waals surface area (Å²) in [5.74, 6) is -0.269. The molecule has 0 fully saturated rings. The molecule has 0 atom stereocenters. The molecule has 0 radical (unpaired) electrons. The van der Waals surface area contributed by atoms with Crippen LogP contribution in [-0.2, 0) is 0 Å². The van der Waals surface area contributed by atoms with Gasteiger partial charge in [0.15, 0.2) is 0 Å². The van der Waals surface area contributed by atoms with Crippen molar-refractivity contribution in [3.63, 3.8) is 0 Å². The Bertz CT molecular complexity index is 774. The van der Waals surface area contributed by atoms with Gasteiger partial charge in [-0.3, -0.25) is 9.20 Å². The van der Waals surface area contributed by atoms with Gasteiger partial charge >= 0.3 is 0 Å². The Kier molecular flexibility index (Phi) is 3.30. The molecule has 0 aromatic carbocycles. The van der Waals surface area contributed by atoms with Crippen molar-refractivity contribution < 1.29 is 4.79 Å². The van der Waals surface area contributed by atoms with Gasteiger partial charge in [-0.05, 0) is 30.5 Å². The first-order chi connectivity index (χ1) is 9.75. The summed E-state index contributed by atoms with van der Waals surface area (Å²) < 4.78 is 1.76. The van der Waals surface area contributed by atoms with Crippen LogP contribution in [0.5, 0.6) is 0 Å². The van der Waals surface area contributed by atoms with Gasteiger partial charge in [0.05, 0.1) is 11.9 Å². The number of amides is 1. The standard InChI is InChI=1S/C14H12N4OS/c1-10-13(18-7-3-2-6-12(18)16-10)14(19)17-15-9-11-5-4-8-20-11/h2-9H,1H3,(H,17,19). The van der Waals surface area contributed by atoms with Crippen molar-refractivity contribution in [3.05, 3.63) is 58.2 Å². The molecule has 5 nitrogen and oxygen atoms in total. The molecule has 3 rings (SSSR count). The van der Waals surface area contributed by atoms with Gasteiger partial charge < -0.3 is 0 Å². The molecule has 0 saturated heterocycles. The summed E-state index contributed by atoms with van der Waals surface area (Å²) in [5, 5.41) is 5.92. The zero-order valence-corrected chi connectivity index (χ0v) is 11.6. The Morgan fingerprint density at radius 2 is 2.30 bits per heavy atom. The van der Waals surface area contributed by atoms with Gasteiger partial charge in [-0.2, -0.15) is 5.10 Å². The molecule has 0 unspecified atom stereocenters. The van der Waals surface area contributed by atoms with Crippen LogP contribution < -0.4 is 5.43 Å². The fraction of sp³-hybridized carbons (Fsp3) is 0.0714. The van der Waals surface area contributed by atoms with E-state index in [1.54, 1.807) is 22.0 Å². The lowest BCUT2D eigenvalue weighted by atomic mass is 10.3.